The van der Waals surface area contributed by atoms with Crippen LogP contribution in [0.5, 0.6) is 0 Å². The first-order valence-electron chi connectivity index (χ1n) is 9.92. The average Bonchev–Trinajstić information content (AvgIpc) is 3.27. The van der Waals surface area contributed by atoms with Crippen molar-refractivity contribution in [1.82, 2.24) is 14.7 Å². The van der Waals surface area contributed by atoms with Crippen molar-refractivity contribution in [3.05, 3.63) is 35.4 Å². The Kier molecular flexibility index (Phi) is 6.51. The first kappa shape index (κ1) is 22.6. The number of carbonyl (C=O) groups excluding carboxylic acids is 3. The third-order valence-corrected chi connectivity index (χ3v) is 5.52. The summed E-state index contributed by atoms with van der Waals surface area (Å²) in [5, 5.41) is 9.19. The van der Waals surface area contributed by atoms with Gasteiger partial charge in [0, 0.05) is 26.2 Å². The Hall–Kier alpha value is -3.11. The lowest BCUT2D eigenvalue weighted by molar-refractivity contribution is -0.186. The number of halogens is 3. The van der Waals surface area contributed by atoms with Crippen LogP contribution in [-0.4, -0.2) is 82.0 Å². The van der Waals surface area contributed by atoms with Crippen LogP contribution in [0.15, 0.2) is 24.3 Å². The van der Waals surface area contributed by atoms with E-state index in [1.54, 1.807) is 12.1 Å². The summed E-state index contributed by atoms with van der Waals surface area (Å²) < 4.78 is 39.1. The van der Waals surface area contributed by atoms with Crippen molar-refractivity contribution < 1.29 is 37.5 Å². The van der Waals surface area contributed by atoms with Gasteiger partial charge in [0.25, 0.3) is 11.8 Å². The minimum atomic E-state index is -5.07. The molecule has 2 aliphatic heterocycles. The number of amides is 4. The van der Waals surface area contributed by atoms with Crippen LogP contribution in [0.2, 0.25) is 0 Å². The molecule has 0 bridgehead atoms. The number of carbonyl (C=O) groups is 4. The molecule has 11 heteroatoms. The molecule has 2 heterocycles. The van der Waals surface area contributed by atoms with Crippen LogP contribution in [0, 0.1) is 0 Å². The lowest BCUT2D eigenvalue weighted by Crippen LogP contribution is -2.49. The van der Waals surface area contributed by atoms with Gasteiger partial charge in [-0.25, -0.2) is 4.79 Å². The van der Waals surface area contributed by atoms with Crippen LogP contribution < -0.4 is 0 Å². The molecule has 1 saturated heterocycles. The molecule has 1 atom stereocenters. The number of nitrogens with zero attached hydrogens (tertiary/aromatic N) is 3. The van der Waals surface area contributed by atoms with E-state index in [0.29, 0.717) is 17.7 Å². The molecule has 2 aliphatic rings. The Balaban J connectivity index is 1.58. The molecule has 31 heavy (non-hydrogen) atoms. The van der Waals surface area contributed by atoms with Gasteiger partial charge in [0.1, 0.15) is 0 Å². The van der Waals surface area contributed by atoms with Crippen LogP contribution >= 0.6 is 0 Å². The number of benzene rings is 1. The molecule has 0 aliphatic carbocycles. The van der Waals surface area contributed by atoms with Crippen molar-refractivity contribution in [3.63, 3.8) is 0 Å². The Morgan fingerprint density at radius 3 is 2.26 bits per heavy atom. The first-order chi connectivity index (χ1) is 14.6. The second kappa shape index (κ2) is 8.94. The average molecular weight is 441 g/mol. The van der Waals surface area contributed by atoms with Crippen LogP contribution in [0.4, 0.5) is 18.0 Å². The Bertz CT molecular complexity index is 854. The number of imide groups is 1. The highest BCUT2D eigenvalue weighted by Crippen LogP contribution is 2.25. The third kappa shape index (κ3) is 4.80. The molecular formula is C20H22F3N3O5. The second-order valence-corrected chi connectivity index (χ2v) is 7.54. The second-order valence-electron chi connectivity index (χ2n) is 7.54. The van der Waals surface area contributed by atoms with Gasteiger partial charge in [-0.1, -0.05) is 12.1 Å². The lowest BCUT2D eigenvalue weighted by atomic mass is 10.1. The summed E-state index contributed by atoms with van der Waals surface area (Å²) in [4.78, 5) is 50.5. The van der Waals surface area contributed by atoms with Gasteiger partial charge in [0.2, 0.25) is 0 Å². The highest BCUT2D eigenvalue weighted by molar-refractivity contribution is 6.21. The van der Waals surface area contributed by atoms with E-state index in [1.807, 2.05) is 0 Å². The molecule has 3 rings (SSSR count). The van der Waals surface area contributed by atoms with Gasteiger partial charge in [0.05, 0.1) is 17.2 Å². The summed E-state index contributed by atoms with van der Waals surface area (Å²) in [6.07, 6.45) is -5.08. The fourth-order valence-electron chi connectivity index (χ4n) is 4.00. The fourth-order valence-corrected chi connectivity index (χ4v) is 4.00. The van der Waals surface area contributed by atoms with Crippen LogP contribution in [0.3, 0.4) is 0 Å². The molecule has 1 N–H and O–H groups in total. The van der Waals surface area contributed by atoms with Gasteiger partial charge in [-0.15, -0.1) is 0 Å². The lowest BCUT2D eigenvalue weighted by Gasteiger charge is -2.30. The fraction of sp³-hybridized carbons (Fsp3) is 0.500. The Labute approximate surface area is 176 Å². The third-order valence-electron chi connectivity index (χ3n) is 5.52. The number of fused-ring (bicyclic) bond motifs is 1. The number of likely N-dealkylation sites (tertiary alicyclic amines) is 1. The van der Waals surface area contributed by atoms with Gasteiger partial charge in [0.15, 0.2) is 0 Å². The number of hydrogen-bond donors (Lipinski definition) is 1. The van der Waals surface area contributed by atoms with Crippen LogP contribution in [0.25, 0.3) is 0 Å². The summed E-state index contributed by atoms with van der Waals surface area (Å²) in [6.45, 7) is -0.373. The Morgan fingerprint density at radius 2 is 1.71 bits per heavy atom. The molecule has 1 fully saturated rings. The van der Waals surface area contributed by atoms with Crippen molar-refractivity contribution in [2.45, 2.75) is 37.9 Å². The first-order valence-corrected chi connectivity index (χ1v) is 9.92. The van der Waals surface area contributed by atoms with Crippen molar-refractivity contribution in [2.24, 2.45) is 0 Å². The highest BCUT2D eigenvalue weighted by atomic mass is 19.4. The highest BCUT2D eigenvalue weighted by Gasteiger charge is 2.44. The van der Waals surface area contributed by atoms with Crippen LogP contribution in [-0.2, 0) is 4.79 Å². The molecular weight excluding hydrogens is 419 g/mol. The van der Waals surface area contributed by atoms with Gasteiger partial charge >= 0.3 is 18.2 Å². The maximum atomic E-state index is 13.0. The number of hydrogen-bond acceptors (Lipinski definition) is 4. The normalized spacial score (nSPS) is 18.5. The summed E-state index contributed by atoms with van der Waals surface area (Å²) in [5.41, 5.74) is 0.577. The number of rotatable bonds is 7. The minimum absolute atomic E-state index is 0.0189. The zero-order valence-electron chi connectivity index (χ0n) is 16.6. The molecule has 0 aromatic heterocycles. The number of carboxylic acid groups (broad SMARTS) is 1. The molecule has 1 aromatic rings. The monoisotopic (exact) mass is 441 g/mol. The van der Waals surface area contributed by atoms with E-state index in [4.69, 9.17) is 0 Å². The van der Waals surface area contributed by atoms with E-state index in [1.165, 1.54) is 12.1 Å². The topological polar surface area (TPSA) is 98.2 Å². The van der Waals surface area contributed by atoms with Crippen LogP contribution in [0.1, 0.15) is 46.4 Å². The van der Waals surface area contributed by atoms with Crippen molar-refractivity contribution in [1.29, 1.82) is 0 Å². The van der Waals surface area contributed by atoms with E-state index in [2.05, 4.69) is 0 Å². The van der Waals surface area contributed by atoms with E-state index in [9.17, 15) is 37.5 Å². The molecule has 4 amide bonds. The number of alkyl halides is 3. The SMILES string of the molecule is O=C1c2ccccc2C(=O)N1CCCCN(C[C@@H]1CCCN1C(=O)O)C(=O)C(F)(F)F. The van der Waals surface area contributed by atoms with Crippen molar-refractivity contribution in [3.8, 4) is 0 Å². The molecule has 0 saturated carbocycles. The number of unbranched alkanes of at least 4 members (excludes halogenated alkanes) is 1. The van der Waals surface area contributed by atoms with Gasteiger partial charge in [-0.3, -0.25) is 19.3 Å². The smallest absolute Gasteiger partial charge is 0.465 e. The zero-order valence-corrected chi connectivity index (χ0v) is 16.6. The van der Waals surface area contributed by atoms with Crippen molar-refractivity contribution in [2.75, 3.05) is 26.2 Å². The largest absolute Gasteiger partial charge is 0.471 e. The predicted molar refractivity (Wildman–Crippen MR) is 101 cm³/mol. The summed E-state index contributed by atoms with van der Waals surface area (Å²) in [6, 6.07) is 5.65. The molecule has 0 unspecified atom stereocenters. The van der Waals surface area contributed by atoms with Gasteiger partial charge < -0.3 is 14.9 Å². The van der Waals surface area contributed by atoms with Gasteiger partial charge in [-0.2, -0.15) is 13.2 Å². The minimum Gasteiger partial charge on any atom is -0.465 e. The van der Waals surface area contributed by atoms with Gasteiger partial charge in [-0.05, 0) is 37.8 Å². The molecule has 1 aromatic carbocycles. The summed E-state index contributed by atoms with van der Waals surface area (Å²) in [7, 11) is 0. The van der Waals surface area contributed by atoms with E-state index >= 15 is 0 Å². The summed E-state index contributed by atoms with van der Waals surface area (Å²) in [5.74, 6) is -2.93. The van der Waals surface area contributed by atoms with E-state index in [-0.39, 0.29) is 50.1 Å². The van der Waals surface area contributed by atoms with E-state index < -0.39 is 36.0 Å². The van der Waals surface area contributed by atoms with Crippen molar-refractivity contribution >= 4 is 23.8 Å². The summed E-state index contributed by atoms with van der Waals surface area (Å²) >= 11 is 0. The predicted octanol–water partition coefficient (Wildman–Crippen LogP) is 2.60. The molecule has 0 spiro atoms. The quantitative estimate of drug-likeness (QED) is 0.518. The molecule has 8 nitrogen and oxygen atoms in total. The maximum Gasteiger partial charge on any atom is 0.471 e. The van der Waals surface area contributed by atoms with E-state index in [0.717, 1.165) is 9.80 Å². The zero-order chi connectivity index (χ0) is 22.8. The Morgan fingerprint density at radius 1 is 1.10 bits per heavy atom. The molecule has 0 radical (unpaired) electrons. The standard InChI is InChI=1S/C20H22F3N3O5/c21-20(22,23)18(29)24(12-13-6-5-11-25(13)19(30)31)9-3-4-10-26-16(27)14-7-1-2-8-15(14)17(26)28/h1-2,7-8,13H,3-6,9-12H2,(H,30,31)/t13-/m0/s1. The maximum absolute atomic E-state index is 13.0. The molecule has 168 valence electrons.